The van der Waals surface area contributed by atoms with Gasteiger partial charge in [0.1, 0.15) is 35.5 Å². The predicted molar refractivity (Wildman–Crippen MR) is 202 cm³/mol. The van der Waals surface area contributed by atoms with Crippen LogP contribution in [0.15, 0.2) is 79.0 Å². The normalized spacial score (nSPS) is 19.6. The lowest BCUT2D eigenvalue weighted by atomic mass is 9.93. The minimum Gasteiger partial charge on any atom is -0.492 e. The summed E-state index contributed by atoms with van der Waals surface area (Å²) in [5.41, 5.74) is 4.92. The number of hydrogen-bond acceptors (Lipinski definition) is 10. The van der Waals surface area contributed by atoms with Crippen molar-refractivity contribution >= 4 is 40.0 Å². The van der Waals surface area contributed by atoms with Crippen molar-refractivity contribution in [3.05, 3.63) is 96.1 Å². The second-order valence-corrected chi connectivity index (χ2v) is 14.3. The van der Waals surface area contributed by atoms with Gasteiger partial charge in [0.15, 0.2) is 5.65 Å². The molecule has 0 bridgehead atoms. The smallest absolute Gasteiger partial charge is 0.235 e. The Morgan fingerprint density at radius 1 is 0.907 bits per heavy atom. The van der Waals surface area contributed by atoms with Gasteiger partial charge in [-0.25, -0.2) is 18.9 Å². The number of ether oxygens (including phenoxy) is 1. The van der Waals surface area contributed by atoms with Gasteiger partial charge in [0.25, 0.3) is 0 Å². The molecule has 2 amide bonds. The van der Waals surface area contributed by atoms with Gasteiger partial charge in [-0.2, -0.15) is 5.10 Å². The zero-order valence-corrected chi connectivity index (χ0v) is 30.1. The largest absolute Gasteiger partial charge is 0.492 e. The van der Waals surface area contributed by atoms with Crippen LogP contribution in [0.3, 0.4) is 0 Å². The number of fused-ring (bicyclic) bond motifs is 2. The van der Waals surface area contributed by atoms with Crippen molar-refractivity contribution < 1.29 is 18.7 Å². The Morgan fingerprint density at radius 3 is 2.63 bits per heavy atom. The van der Waals surface area contributed by atoms with E-state index < -0.39 is 5.92 Å². The number of piperazine rings is 1. The average molecular weight is 729 g/mol. The van der Waals surface area contributed by atoms with E-state index in [1.165, 1.54) is 6.07 Å². The number of benzene rings is 2. The van der Waals surface area contributed by atoms with Crippen molar-refractivity contribution in [2.75, 3.05) is 55.7 Å². The van der Waals surface area contributed by atoms with Crippen molar-refractivity contribution in [3.63, 3.8) is 0 Å². The number of rotatable bonds is 9. The molecular weight excluding hydrogens is 688 g/mol. The lowest BCUT2D eigenvalue weighted by molar-refractivity contribution is -0.134. The molecule has 3 fully saturated rings. The molecule has 0 aliphatic carbocycles. The van der Waals surface area contributed by atoms with E-state index in [9.17, 15) is 14.0 Å². The first-order valence-electron chi connectivity index (χ1n) is 18.6. The molecule has 3 aliphatic rings. The maximum absolute atomic E-state index is 14.1. The van der Waals surface area contributed by atoms with Crippen molar-refractivity contribution in [1.29, 1.82) is 0 Å². The summed E-state index contributed by atoms with van der Waals surface area (Å²) in [7, 11) is 1.86. The molecule has 3 saturated heterocycles. The second-order valence-electron chi connectivity index (χ2n) is 14.3. The van der Waals surface area contributed by atoms with Crippen molar-refractivity contribution in [2.24, 2.45) is 7.05 Å². The van der Waals surface area contributed by atoms with Crippen LogP contribution in [-0.4, -0.2) is 92.0 Å². The Morgan fingerprint density at radius 2 is 1.78 bits per heavy atom. The van der Waals surface area contributed by atoms with Gasteiger partial charge in [-0.1, -0.05) is 18.2 Å². The third kappa shape index (κ3) is 6.50. The fraction of sp³-hybridized carbons (Fsp3) is 0.350. The monoisotopic (exact) mass is 728 g/mol. The summed E-state index contributed by atoms with van der Waals surface area (Å²) < 4.78 is 23.9. The van der Waals surface area contributed by atoms with Gasteiger partial charge in [0.05, 0.1) is 35.1 Å². The Balaban J connectivity index is 0.824. The van der Waals surface area contributed by atoms with Gasteiger partial charge in [-0.15, -0.1) is 5.10 Å². The van der Waals surface area contributed by atoms with E-state index in [4.69, 9.17) is 14.8 Å². The molecule has 4 aromatic heterocycles. The number of hydrogen-bond donors (Lipinski definition) is 1. The molecule has 7 heterocycles. The molecule has 3 aliphatic heterocycles. The number of carbonyl (C=O) groups is 2. The summed E-state index contributed by atoms with van der Waals surface area (Å²) in [4.78, 5) is 40.8. The standard InChI is InChI=1S/C40H41FN10O3/c1-47-33-24-28(10-11-29(33)39(46-47)30-12-15-38(52)44-40(30)53)54-22-21-48-17-19-49(20-18-48)36-9-3-7-31(43-36)34-25-42-35-13-14-37(45-51(34)35)50-16-4-8-32(50)26-5-2-6-27(41)23-26/h2-3,5-7,9-11,13-14,23-25,30,32H,4,8,12,15-22H2,1H3,(H,44,52,53)/t30?,32-/m1/s1. The maximum atomic E-state index is 14.1. The Hall–Kier alpha value is -5.89. The fourth-order valence-corrected chi connectivity index (χ4v) is 8.09. The highest BCUT2D eigenvalue weighted by Gasteiger charge is 2.32. The van der Waals surface area contributed by atoms with Crippen molar-refractivity contribution in [2.45, 2.75) is 37.6 Å². The molecule has 1 unspecified atom stereocenters. The summed E-state index contributed by atoms with van der Waals surface area (Å²) in [6.07, 6.45) is 4.57. The summed E-state index contributed by atoms with van der Waals surface area (Å²) >= 11 is 0. The Bertz CT molecular complexity index is 2370. The van der Waals surface area contributed by atoms with E-state index in [1.807, 2.05) is 66.3 Å². The molecule has 1 N–H and O–H groups in total. The van der Waals surface area contributed by atoms with Crippen molar-refractivity contribution in [3.8, 4) is 17.1 Å². The minimum atomic E-state index is -0.436. The molecule has 54 heavy (non-hydrogen) atoms. The highest BCUT2D eigenvalue weighted by Crippen LogP contribution is 2.36. The number of pyridine rings is 1. The molecule has 0 spiro atoms. The highest BCUT2D eigenvalue weighted by atomic mass is 19.1. The zero-order valence-electron chi connectivity index (χ0n) is 30.1. The van der Waals surface area contributed by atoms with Crippen LogP contribution in [0.4, 0.5) is 16.0 Å². The van der Waals surface area contributed by atoms with E-state index in [0.29, 0.717) is 25.1 Å². The molecule has 9 rings (SSSR count). The molecular formula is C40H41FN10O3. The van der Waals surface area contributed by atoms with Gasteiger partial charge in [0.2, 0.25) is 11.8 Å². The number of nitrogens with zero attached hydrogens (tertiary/aromatic N) is 9. The number of aryl methyl sites for hydroxylation is 1. The number of carbonyl (C=O) groups excluding carboxylic acids is 2. The van der Waals surface area contributed by atoms with Gasteiger partial charge >= 0.3 is 0 Å². The quantitative estimate of drug-likeness (QED) is 0.206. The first-order chi connectivity index (χ1) is 26.4. The van der Waals surface area contributed by atoms with Crippen LogP contribution in [-0.2, 0) is 16.6 Å². The maximum Gasteiger partial charge on any atom is 0.235 e. The lowest BCUT2D eigenvalue weighted by Gasteiger charge is -2.35. The SMILES string of the molecule is Cn1nc(C2CCC(=O)NC2=O)c2ccc(OCCN3CCN(c4cccc(-c5cnc6ccc(N7CCC[C@@H]7c7cccc(F)c7)nn56)n4)CC3)cc21. The molecule has 14 heteroatoms. The number of anilines is 2. The number of imide groups is 1. The fourth-order valence-electron chi connectivity index (χ4n) is 8.09. The molecule has 13 nitrogen and oxygen atoms in total. The molecule has 0 saturated carbocycles. The van der Waals surface area contributed by atoms with Crippen LogP contribution in [0.2, 0.25) is 0 Å². The first-order valence-corrected chi connectivity index (χ1v) is 18.6. The predicted octanol–water partition coefficient (Wildman–Crippen LogP) is 4.88. The molecule has 276 valence electrons. The number of aromatic nitrogens is 6. The van der Waals surface area contributed by atoms with Crippen LogP contribution in [0.1, 0.15) is 48.9 Å². The van der Waals surface area contributed by atoms with Crippen LogP contribution in [0.25, 0.3) is 27.9 Å². The number of amides is 2. The second kappa shape index (κ2) is 14.2. The summed E-state index contributed by atoms with van der Waals surface area (Å²) in [6.45, 7) is 5.63. The zero-order chi connectivity index (χ0) is 36.8. The van der Waals surface area contributed by atoms with Gasteiger partial charge in [-0.3, -0.25) is 24.5 Å². The van der Waals surface area contributed by atoms with E-state index >= 15 is 0 Å². The number of piperidine rings is 1. The van der Waals surface area contributed by atoms with Crippen LogP contribution < -0.4 is 19.9 Å². The summed E-state index contributed by atoms with van der Waals surface area (Å²) in [5, 5.41) is 13.0. The van der Waals surface area contributed by atoms with Crippen LogP contribution in [0.5, 0.6) is 5.75 Å². The van der Waals surface area contributed by atoms with Crippen LogP contribution in [0, 0.1) is 5.82 Å². The number of imidazole rings is 1. The first kappa shape index (κ1) is 33.9. The van der Waals surface area contributed by atoms with Gasteiger partial charge < -0.3 is 14.5 Å². The van der Waals surface area contributed by atoms with E-state index in [1.54, 1.807) is 16.8 Å². The summed E-state index contributed by atoms with van der Waals surface area (Å²) in [5.74, 6) is 1.33. The van der Waals surface area contributed by atoms with E-state index in [-0.39, 0.29) is 23.7 Å². The topological polar surface area (TPSA) is 126 Å². The summed E-state index contributed by atoms with van der Waals surface area (Å²) in [6, 6.07) is 22.9. The van der Waals surface area contributed by atoms with Crippen LogP contribution >= 0.6 is 0 Å². The molecule has 2 atom stereocenters. The van der Waals surface area contributed by atoms with Gasteiger partial charge in [0, 0.05) is 64.2 Å². The third-order valence-electron chi connectivity index (χ3n) is 10.9. The average Bonchev–Trinajstić information content (AvgIpc) is 3.93. The lowest BCUT2D eigenvalue weighted by Crippen LogP contribution is -2.47. The molecule has 6 aromatic rings. The number of halogens is 1. The van der Waals surface area contributed by atoms with Crippen molar-refractivity contribution in [1.82, 2.24) is 39.6 Å². The Kier molecular flexibility index (Phi) is 8.89. The Labute approximate surface area is 311 Å². The minimum absolute atomic E-state index is 0.0717. The number of nitrogens with one attached hydrogen (secondary N) is 1. The van der Waals surface area contributed by atoms with E-state index in [2.05, 4.69) is 36.2 Å². The van der Waals surface area contributed by atoms with E-state index in [0.717, 1.165) is 103 Å². The van der Waals surface area contributed by atoms with Gasteiger partial charge in [-0.05, 0) is 73.4 Å². The molecule has 0 radical (unpaired) electrons. The molecule has 2 aromatic carbocycles. The highest BCUT2D eigenvalue weighted by molar-refractivity contribution is 6.02. The third-order valence-corrected chi connectivity index (χ3v) is 10.9.